The van der Waals surface area contributed by atoms with Gasteiger partial charge in [0.1, 0.15) is 5.76 Å². The Labute approximate surface area is 131 Å². The summed E-state index contributed by atoms with van der Waals surface area (Å²) in [6.07, 6.45) is 3.05. The molecule has 0 aromatic heterocycles. The van der Waals surface area contributed by atoms with E-state index in [1.807, 2.05) is 0 Å². The van der Waals surface area contributed by atoms with Crippen LogP contribution in [0.2, 0.25) is 0 Å². The van der Waals surface area contributed by atoms with Crippen LogP contribution in [0, 0.1) is 11.8 Å². The average molecular weight is 355 g/mol. The summed E-state index contributed by atoms with van der Waals surface area (Å²) >= 11 is 0. The van der Waals surface area contributed by atoms with E-state index in [2.05, 4.69) is 4.18 Å². The van der Waals surface area contributed by atoms with Crippen molar-refractivity contribution in [3.63, 3.8) is 0 Å². The molecular weight excluding hydrogens is 339 g/mol. The summed E-state index contributed by atoms with van der Waals surface area (Å²) in [5.74, 6) is -0.235. The van der Waals surface area contributed by atoms with E-state index in [0.717, 1.165) is 25.7 Å². The van der Waals surface area contributed by atoms with Crippen LogP contribution in [0.5, 0.6) is 0 Å². The van der Waals surface area contributed by atoms with E-state index in [9.17, 15) is 31.5 Å². The monoisotopic (exact) mass is 355 g/mol. The number of carbonyl (C=O) groups is 1. The molecule has 0 spiro atoms. The molecule has 1 amide bonds. The van der Waals surface area contributed by atoms with Gasteiger partial charge in [-0.25, -0.2) is 4.79 Å². The van der Waals surface area contributed by atoms with Crippen LogP contribution in [0.25, 0.3) is 0 Å². The highest BCUT2D eigenvalue weighted by Crippen LogP contribution is 2.46. The molecule has 2 fully saturated rings. The number of amides is 1. The number of rotatable bonds is 4. The summed E-state index contributed by atoms with van der Waals surface area (Å²) in [6, 6.07) is -1.15. The largest absolute Gasteiger partial charge is 0.534 e. The molecule has 1 aliphatic heterocycles. The van der Waals surface area contributed by atoms with E-state index in [-0.39, 0.29) is 24.0 Å². The molecule has 1 heterocycles. The number of alkyl halides is 3. The Morgan fingerprint density at radius 2 is 1.78 bits per heavy atom. The first-order chi connectivity index (χ1) is 10.6. The minimum Gasteiger partial charge on any atom is -0.465 e. The fourth-order valence-electron chi connectivity index (χ4n) is 3.06. The summed E-state index contributed by atoms with van der Waals surface area (Å²) in [4.78, 5) is 12.8. The van der Waals surface area contributed by atoms with Crippen molar-refractivity contribution in [2.24, 2.45) is 11.8 Å². The second-order valence-corrected chi connectivity index (χ2v) is 7.78. The minimum atomic E-state index is -5.73. The number of hydrogen-bond donors (Lipinski definition) is 1. The summed E-state index contributed by atoms with van der Waals surface area (Å²) < 4.78 is 64.1. The third-order valence-electron chi connectivity index (χ3n) is 4.44. The zero-order chi connectivity index (χ0) is 17.0. The molecule has 0 aromatic carbocycles. The maximum atomic E-state index is 12.5. The lowest BCUT2D eigenvalue weighted by Gasteiger charge is -2.39. The van der Waals surface area contributed by atoms with Gasteiger partial charge in [0, 0.05) is 12.5 Å². The van der Waals surface area contributed by atoms with E-state index >= 15 is 0 Å². The highest BCUT2D eigenvalue weighted by Gasteiger charge is 2.52. The normalized spacial score (nSPS) is 29.2. The Bertz CT molecular complexity index is 636. The molecule has 0 radical (unpaired) electrons. The van der Waals surface area contributed by atoms with E-state index < -0.39 is 33.8 Å². The van der Waals surface area contributed by atoms with Gasteiger partial charge in [0.25, 0.3) is 0 Å². The highest BCUT2D eigenvalue weighted by atomic mass is 32.2. The molecule has 1 N–H and O–H groups in total. The van der Waals surface area contributed by atoms with Crippen molar-refractivity contribution in [1.82, 2.24) is 4.90 Å². The molecule has 3 aliphatic rings. The number of halogens is 3. The van der Waals surface area contributed by atoms with E-state index in [1.165, 1.54) is 11.0 Å². The van der Waals surface area contributed by atoms with Crippen molar-refractivity contribution in [3.05, 3.63) is 11.8 Å². The molecule has 2 atom stereocenters. The van der Waals surface area contributed by atoms with Crippen LogP contribution in [-0.4, -0.2) is 42.1 Å². The van der Waals surface area contributed by atoms with Gasteiger partial charge in [-0.15, -0.1) is 0 Å². The van der Waals surface area contributed by atoms with Crippen LogP contribution in [-0.2, 0) is 14.3 Å². The third kappa shape index (κ3) is 3.26. The predicted molar refractivity (Wildman–Crippen MR) is 71.6 cm³/mol. The fourth-order valence-corrected chi connectivity index (χ4v) is 3.56. The van der Waals surface area contributed by atoms with Gasteiger partial charge in [0.15, 0.2) is 0 Å². The fraction of sp³-hybridized carbons (Fsp3) is 0.769. The summed E-state index contributed by atoms with van der Waals surface area (Å²) in [7, 11) is -5.73. The maximum Gasteiger partial charge on any atom is 0.534 e. The minimum absolute atomic E-state index is 0.0137. The zero-order valence-electron chi connectivity index (χ0n) is 12.0. The summed E-state index contributed by atoms with van der Waals surface area (Å²) in [5, 5.41) is 9.44. The van der Waals surface area contributed by atoms with E-state index in [0.29, 0.717) is 0 Å². The molecule has 3 rings (SSSR count). The molecule has 23 heavy (non-hydrogen) atoms. The van der Waals surface area contributed by atoms with Crippen LogP contribution in [0.1, 0.15) is 32.1 Å². The molecule has 6 nitrogen and oxygen atoms in total. The second-order valence-electron chi connectivity index (χ2n) is 6.24. The number of carboxylic acid groups (broad SMARTS) is 1. The Morgan fingerprint density at radius 3 is 2.22 bits per heavy atom. The molecule has 10 heteroatoms. The van der Waals surface area contributed by atoms with E-state index in [1.54, 1.807) is 0 Å². The smallest absolute Gasteiger partial charge is 0.465 e. The molecule has 130 valence electrons. The molecule has 2 saturated carbocycles. The Morgan fingerprint density at radius 1 is 1.22 bits per heavy atom. The lowest BCUT2D eigenvalue weighted by atomic mass is 9.95. The zero-order valence-corrected chi connectivity index (χ0v) is 12.8. The van der Waals surface area contributed by atoms with Crippen molar-refractivity contribution >= 4 is 16.2 Å². The molecule has 0 saturated heterocycles. The van der Waals surface area contributed by atoms with Crippen molar-refractivity contribution in [1.29, 1.82) is 0 Å². The Balaban J connectivity index is 1.88. The van der Waals surface area contributed by atoms with Gasteiger partial charge in [0.05, 0.1) is 6.04 Å². The average Bonchev–Trinajstić information content (AvgIpc) is 3.26. The summed E-state index contributed by atoms with van der Waals surface area (Å²) in [6.45, 7) is 0. The summed E-state index contributed by atoms with van der Waals surface area (Å²) in [5.41, 5.74) is -5.50. The van der Waals surface area contributed by atoms with Gasteiger partial charge in [-0.05, 0) is 43.6 Å². The van der Waals surface area contributed by atoms with Gasteiger partial charge >= 0.3 is 21.7 Å². The lowest BCUT2D eigenvalue weighted by Crippen LogP contribution is -2.51. The van der Waals surface area contributed by atoms with Gasteiger partial charge in [-0.3, -0.25) is 4.90 Å². The highest BCUT2D eigenvalue weighted by molar-refractivity contribution is 7.87. The van der Waals surface area contributed by atoms with Gasteiger partial charge < -0.3 is 9.29 Å². The first-order valence-corrected chi connectivity index (χ1v) is 8.73. The predicted octanol–water partition coefficient (Wildman–Crippen LogP) is 2.68. The number of nitrogens with zero attached hydrogens (tertiary/aromatic N) is 1. The van der Waals surface area contributed by atoms with Crippen LogP contribution >= 0.6 is 0 Å². The van der Waals surface area contributed by atoms with Gasteiger partial charge in [0.2, 0.25) is 0 Å². The first-order valence-electron chi connectivity index (χ1n) is 7.33. The van der Waals surface area contributed by atoms with E-state index in [4.69, 9.17) is 0 Å². The molecule has 0 aromatic rings. The van der Waals surface area contributed by atoms with Crippen molar-refractivity contribution in [3.8, 4) is 0 Å². The SMILES string of the molecule is O=C(O)N1[C@@H](C2CC2)CC(OS(=O)(=O)C(F)(F)F)=C[C@H]1C1CC1. The van der Waals surface area contributed by atoms with Crippen LogP contribution in [0.4, 0.5) is 18.0 Å². The van der Waals surface area contributed by atoms with Crippen LogP contribution < -0.4 is 0 Å². The Hall–Kier alpha value is -1.45. The standard InChI is InChI=1S/C13H16F3NO5S/c14-13(15,16)23(20,21)22-9-5-10(7-1-2-7)17(12(18)19)11(6-9)8-3-4-8/h5,7-8,10-11H,1-4,6H2,(H,18,19)/t10-,11+/m0/s1. The quantitative estimate of drug-likeness (QED) is 0.619. The van der Waals surface area contributed by atoms with Gasteiger partial charge in [-0.1, -0.05) is 0 Å². The Kier molecular flexibility index (Phi) is 3.77. The maximum absolute atomic E-state index is 12.5. The van der Waals surface area contributed by atoms with Crippen molar-refractivity contribution < 1.29 is 35.7 Å². The van der Waals surface area contributed by atoms with Gasteiger partial charge in [-0.2, -0.15) is 21.6 Å². The molecule has 0 bridgehead atoms. The van der Waals surface area contributed by atoms with Crippen molar-refractivity contribution in [2.75, 3.05) is 0 Å². The van der Waals surface area contributed by atoms with Crippen molar-refractivity contribution in [2.45, 2.75) is 49.7 Å². The second kappa shape index (κ2) is 5.29. The topological polar surface area (TPSA) is 83.9 Å². The van der Waals surface area contributed by atoms with Crippen LogP contribution in [0.3, 0.4) is 0 Å². The molecule has 0 unspecified atom stereocenters. The molecular formula is C13H16F3NO5S. The lowest BCUT2D eigenvalue weighted by molar-refractivity contribution is -0.0528. The van der Waals surface area contributed by atoms with Crippen LogP contribution in [0.15, 0.2) is 11.8 Å². The molecule has 2 aliphatic carbocycles. The number of hydrogen-bond acceptors (Lipinski definition) is 4. The third-order valence-corrected chi connectivity index (χ3v) is 5.44. The first kappa shape index (κ1) is 16.4.